The number of nitrogens with zero attached hydrogens (tertiary/aromatic N) is 2. The molecule has 0 spiro atoms. The lowest BCUT2D eigenvalue weighted by Crippen LogP contribution is -2.21. The van der Waals surface area contributed by atoms with Crippen molar-refractivity contribution in [3.8, 4) is 0 Å². The van der Waals surface area contributed by atoms with Crippen LogP contribution in [0.5, 0.6) is 0 Å². The van der Waals surface area contributed by atoms with Crippen LogP contribution in [0.2, 0.25) is 0 Å². The number of carbonyl (C=O) groups excluding carboxylic acids is 1. The predicted molar refractivity (Wildman–Crippen MR) is 68.3 cm³/mol. The summed E-state index contributed by atoms with van der Waals surface area (Å²) in [7, 11) is 1.81. The zero-order valence-electron chi connectivity index (χ0n) is 10.4. The maximum absolute atomic E-state index is 10.7. The van der Waals surface area contributed by atoms with E-state index in [0.29, 0.717) is 5.92 Å². The fourth-order valence-corrected chi connectivity index (χ4v) is 2.15. The van der Waals surface area contributed by atoms with Gasteiger partial charge in [-0.3, -0.25) is 4.99 Å². The van der Waals surface area contributed by atoms with E-state index in [1.54, 1.807) is 0 Å². The molecule has 0 saturated heterocycles. The normalized spacial score (nSPS) is 27.2. The number of carbonyl (C=O) groups is 1. The lowest BCUT2D eigenvalue weighted by atomic mass is 9.82. The van der Waals surface area contributed by atoms with Gasteiger partial charge < -0.3 is 4.79 Å². The molecule has 1 rings (SSSR count). The molecule has 0 amide bonds. The summed E-state index contributed by atoms with van der Waals surface area (Å²) in [5, 5.41) is 0. The standard InChI is InChI=1S/C13H22N2O/c1-3-4-9-15-13(14-2)12-7-5-11(10-16)6-8-12/h9-12H,3-8H2,1-2H3/b14-13-,15-9-. The van der Waals surface area contributed by atoms with Crippen LogP contribution in [0.15, 0.2) is 9.98 Å². The van der Waals surface area contributed by atoms with Crippen LogP contribution in [0.1, 0.15) is 45.4 Å². The van der Waals surface area contributed by atoms with Crippen molar-refractivity contribution in [1.82, 2.24) is 0 Å². The van der Waals surface area contributed by atoms with Gasteiger partial charge in [0.15, 0.2) is 0 Å². The van der Waals surface area contributed by atoms with Crippen molar-refractivity contribution in [3.05, 3.63) is 0 Å². The van der Waals surface area contributed by atoms with E-state index in [0.717, 1.165) is 50.6 Å². The molecule has 0 aromatic rings. The van der Waals surface area contributed by atoms with Crippen LogP contribution >= 0.6 is 0 Å². The molecule has 3 nitrogen and oxygen atoms in total. The van der Waals surface area contributed by atoms with E-state index in [-0.39, 0.29) is 5.92 Å². The van der Waals surface area contributed by atoms with Gasteiger partial charge in [0.25, 0.3) is 0 Å². The number of hydrogen-bond donors (Lipinski definition) is 0. The van der Waals surface area contributed by atoms with E-state index < -0.39 is 0 Å². The molecular weight excluding hydrogens is 200 g/mol. The maximum Gasteiger partial charge on any atom is 0.125 e. The van der Waals surface area contributed by atoms with Crippen molar-refractivity contribution in [3.63, 3.8) is 0 Å². The van der Waals surface area contributed by atoms with Gasteiger partial charge in [0.05, 0.1) is 0 Å². The van der Waals surface area contributed by atoms with Gasteiger partial charge in [-0.2, -0.15) is 0 Å². The summed E-state index contributed by atoms with van der Waals surface area (Å²) in [6.45, 7) is 2.14. The highest BCUT2D eigenvalue weighted by molar-refractivity contribution is 5.91. The van der Waals surface area contributed by atoms with Crippen LogP contribution in [-0.2, 0) is 4.79 Å². The fraction of sp³-hybridized carbons (Fsp3) is 0.769. The van der Waals surface area contributed by atoms with Gasteiger partial charge in [0.2, 0.25) is 0 Å². The molecule has 0 aliphatic heterocycles. The second kappa shape index (κ2) is 7.31. The van der Waals surface area contributed by atoms with Gasteiger partial charge in [-0.05, 0) is 32.1 Å². The molecule has 0 aromatic heterocycles. The van der Waals surface area contributed by atoms with Crippen LogP contribution in [0.25, 0.3) is 0 Å². The average molecular weight is 222 g/mol. The zero-order valence-corrected chi connectivity index (χ0v) is 10.4. The van der Waals surface area contributed by atoms with Crippen molar-refractivity contribution in [1.29, 1.82) is 0 Å². The van der Waals surface area contributed by atoms with Crippen molar-refractivity contribution in [2.24, 2.45) is 21.8 Å². The molecule has 0 unspecified atom stereocenters. The van der Waals surface area contributed by atoms with Gasteiger partial charge in [-0.15, -0.1) is 0 Å². The molecule has 90 valence electrons. The minimum atomic E-state index is 0.272. The molecule has 3 heteroatoms. The van der Waals surface area contributed by atoms with Crippen molar-refractivity contribution < 1.29 is 4.79 Å². The summed E-state index contributed by atoms with van der Waals surface area (Å²) in [5.74, 6) is 1.71. The van der Waals surface area contributed by atoms with Crippen LogP contribution in [0.4, 0.5) is 0 Å². The molecule has 1 fully saturated rings. The molecule has 0 atom stereocenters. The number of aliphatic imine (C=N–C) groups is 2. The Morgan fingerprint density at radius 2 is 2.00 bits per heavy atom. The Hall–Kier alpha value is -0.990. The molecule has 0 aromatic carbocycles. The molecule has 1 saturated carbocycles. The Morgan fingerprint density at radius 3 is 2.50 bits per heavy atom. The Balaban J connectivity index is 2.46. The first-order valence-electron chi connectivity index (χ1n) is 6.26. The monoisotopic (exact) mass is 222 g/mol. The second-order valence-corrected chi connectivity index (χ2v) is 4.43. The van der Waals surface area contributed by atoms with Crippen molar-refractivity contribution >= 4 is 18.3 Å². The van der Waals surface area contributed by atoms with Gasteiger partial charge in [-0.25, -0.2) is 4.99 Å². The number of aldehydes is 1. The molecule has 0 N–H and O–H groups in total. The van der Waals surface area contributed by atoms with Gasteiger partial charge in [0, 0.05) is 25.1 Å². The molecular formula is C13H22N2O. The summed E-state index contributed by atoms with van der Waals surface area (Å²) in [6.07, 6.45) is 9.31. The Kier molecular flexibility index (Phi) is 5.98. The second-order valence-electron chi connectivity index (χ2n) is 4.43. The summed E-state index contributed by atoms with van der Waals surface area (Å²) < 4.78 is 0. The highest BCUT2D eigenvalue weighted by atomic mass is 16.1. The largest absolute Gasteiger partial charge is 0.303 e. The van der Waals surface area contributed by atoms with Crippen LogP contribution in [-0.4, -0.2) is 25.4 Å². The summed E-state index contributed by atoms with van der Waals surface area (Å²) in [4.78, 5) is 19.4. The van der Waals surface area contributed by atoms with Crippen molar-refractivity contribution in [2.75, 3.05) is 7.05 Å². The highest BCUT2D eigenvalue weighted by Crippen LogP contribution is 2.28. The lowest BCUT2D eigenvalue weighted by molar-refractivity contribution is -0.112. The smallest absolute Gasteiger partial charge is 0.125 e. The zero-order chi connectivity index (χ0) is 11.8. The SMILES string of the molecule is CCC/C=N\C(=N/C)C1CCC(C=O)CC1. The fourth-order valence-electron chi connectivity index (χ4n) is 2.15. The topological polar surface area (TPSA) is 41.8 Å². The van der Waals surface area contributed by atoms with E-state index in [1.807, 2.05) is 13.3 Å². The van der Waals surface area contributed by atoms with E-state index in [1.165, 1.54) is 0 Å². The number of rotatable bonds is 4. The van der Waals surface area contributed by atoms with Crippen LogP contribution in [0.3, 0.4) is 0 Å². The highest BCUT2D eigenvalue weighted by Gasteiger charge is 2.23. The summed E-state index contributed by atoms with van der Waals surface area (Å²) >= 11 is 0. The van der Waals surface area contributed by atoms with E-state index >= 15 is 0 Å². The molecule has 1 aliphatic carbocycles. The third kappa shape index (κ3) is 3.87. The Bertz CT molecular complexity index is 263. The Morgan fingerprint density at radius 1 is 1.31 bits per heavy atom. The average Bonchev–Trinajstić information content (AvgIpc) is 2.35. The maximum atomic E-state index is 10.7. The van der Waals surface area contributed by atoms with E-state index in [2.05, 4.69) is 16.9 Å². The Labute approximate surface area is 98.1 Å². The van der Waals surface area contributed by atoms with Crippen LogP contribution < -0.4 is 0 Å². The molecule has 0 radical (unpaired) electrons. The molecule has 1 aliphatic rings. The number of hydrogen-bond acceptors (Lipinski definition) is 2. The first-order valence-corrected chi connectivity index (χ1v) is 6.26. The van der Waals surface area contributed by atoms with E-state index in [4.69, 9.17) is 0 Å². The van der Waals surface area contributed by atoms with Crippen LogP contribution in [0, 0.1) is 11.8 Å². The quantitative estimate of drug-likeness (QED) is 0.409. The minimum Gasteiger partial charge on any atom is -0.303 e. The van der Waals surface area contributed by atoms with E-state index in [9.17, 15) is 4.79 Å². The molecule has 0 heterocycles. The third-order valence-corrected chi connectivity index (χ3v) is 3.20. The van der Waals surface area contributed by atoms with Crippen molar-refractivity contribution in [2.45, 2.75) is 45.4 Å². The number of unbranched alkanes of at least 4 members (excludes halogenated alkanes) is 1. The van der Waals surface area contributed by atoms with Gasteiger partial charge in [0.1, 0.15) is 12.1 Å². The lowest BCUT2D eigenvalue weighted by Gasteiger charge is -2.24. The first kappa shape index (κ1) is 13.1. The molecule has 0 bridgehead atoms. The number of amidine groups is 1. The minimum absolute atomic E-state index is 0.272. The van der Waals surface area contributed by atoms with Gasteiger partial charge in [-0.1, -0.05) is 13.3 Å². The molecule has 16 heavy (non-hydrogen) atoms. The first-order chi connectivity index (χ1) is 7.81. The van der Waals surface area contributed by atoms with Gasteiger partial charge >= 0.3 is 0 Å². The summed E-state index contributed by atoms with van der Waals surface area (Å²) in [6, 6.07) is 0. The third-order valence-electron chi connectivity index (χ3n) is 3.20. The summed E-state index contributed by atoms with van der Waals surface area (Å²) in [5.41, 5.74) is 0. The predicted octanol–water partition coefficient (Wildman–Crippen LogP) is 2.89.